The molecule has 0 aliphatic carbocycles. The molecule has 8 heteroatoms. The lowest BCUT2D eigenvalue weighted by Crippen LogP contribution is -2.33. The van der Waals surface area contributed by atoms with Crippen molar-refractivity contribution in [1.29, 1.82) is 0 Å². The summed E-state index contributed by atoms with van der Waals surface area (Å²) in [5.74, 6) is -2.79. The van der Waals surface area contributed by atoms with E-state index in [0.717, 1.165) is 0 Å². The van der Waals surface area contributed by atoms with Gasteiger partial charge in [-0.2, -0.15) is 0 Å². The first-order valence-corrected chi connectivity index (χ1v) is 7.69. The number of thiophene rings is 1. The van der Waals surface area contributed by atoms with E-state index in [0.29, 0.717) is 4.88 Å². The zero-order valence-corrected chi connectivity index (χ0v) is 13.2. The molecule has 23 heavy (non-hydrogen) atoms. The van der Waals surface area contributed by atoms with Crippen LogP contribution in [0.25, 0.3) is 0 Å². The number of halogens is 2. The van der Waals surface area contributed by atoms with Crippen molar-refractivity contribution in [1.82, 2.24) is 5.32 Å². The number of carbonyl (C=O) groups is 3. The largest absolute Gasteiger partial charge is 0.455 e. The SMILES string of the molecule is O=C(COC(=O)Cc1c(F)cccc1Cl)NC(=O)c1cccs1. The lowest BCUT2D eigenvalue weighted by Gasteiger charge is -2.07. The van der Waals surface area contributed by atoms with Crippen LogP contribution in [-0.2, 0) is 20.7 Å². The second kappa shape index (κ2) is 7.85. The highest BCUT2D eigenvalue weighted by molar-refractivity contribution is 7.12. The van der Waals surface area contributed by atoms with Gasteiger partial charge in [0.2, 0.25) is 0 Å². The van der Waals surface area contributed by atoms with E-state index in [4.69, 9.17) is 16.3 Å². The minimum absolute atomic E-state index is 0.00534. The molecule has 0 spiro atoms. The van der Waals surface area contributed by atoms with Gasteiger partial charge in [-0.05, 0) is 23.6 Å². The number of carbonyl (C=O) groups excluding carboxylic acids is 3. The summed E-state index contributed by atoms with van der Waals surface area (Å²) in [5.41, 5.74) is -0.00534. The second-order valence-electron chi connectivity index (χ2n) is 4.39. The van der Waals surface area contributed by atoms with Crippen LogP contribution in [0.1, 0.15) is 15.2 Å². The van der Waals surface area contributed by atoms with Gasteiger partial charge in [-0.1, -0.05) is 23.7 Å². The van der Waals surface area contributed by atoms with Gasteiger partial charge in [0.05, 0.1) is 11.3 Å². The fourth-order valence-corrected chi connectivity index (χ4v) is 2.52. The summed E-state index contributed by atoms with van der Waals surface area (Å²) in [6, 6.07) is 7.25. The topological polar surface area (TPSA) is 72.5 Å². The van der Waals surface area contributed by atoms with Crippen molar-refractivity contribution in [2.24, 2.45) is 0 Å². The van der Waals surface area contributed by atoms with E-state index in [9.17, 15) is 18.8 Å². The molecule has 0 radical (unpaired) electrons. The molecule has 1 aromatic heterocycles. The maximum atomic E-state index is 13.5. The Morgan fingerprint density at radius 3 is 2.65 bits per heavy atom. The lowest BCUT2D eigenvalue weighted by atomic mass is 10.1. The van der Waals surface area contributed by atoms with Gasteiger partial charge in [0, 0.05) is 10.6 Å². The molecule has 1 heterocycles. The van der Waals surface area contributed by atoms with E-state index in [1.807, 2.05) is 0 Å². The van der Waals surface area contributed by atoms with E-state index in [1.165, 1.54) is 29.5 Å². The summed E-state index contributed by atoms with van der Waals surface area (Å²) in [7, 11) is 0. The van der Waals surface area contributed by atoms with Crippen LogP contribution >= 0.6 is 22.9 Å². The fourth-order valence-electron chi connectivity index (χ4n) is 1.67. The Labute approximate surface area is 140 Å². The quantitative estimate of drug-likeness (QED) is 0.837. The predicted octanol–water partition coefficient (Wildman–Crippen LogP) is 2.58. The Hall–Kier alpha value is -2.25. The highest BCUT2D eigenvalue weighted by Gasteiger charge is 2.16. The standard InChI is InChI=1S/C15H11ClFNO4S/c16-10-3-1-4-11(17)9(10)7-14(20)22-8-13(19)18-15(21)12-5-2-6-23-12/h1-6H,7-8H2,(H,18,19,21). The number of amides is 2. The van der Waals surface area contributed by atoms with Crippen LogP contribution in [0.15, 0.2) is 35.7 Å². The van der Waals surface area contributed by atoms with Crippen LogP contribution in [-0.4, -0.2) is 24.4 Å². The van der Waals surface area contributed by atoms with Crippen LogP contribution in [0.2, 0.25) is 5.02 Å². The summed E-state index contributed by atoms with van der Waals surface area (Å²) in [6.45, 7) is -0.637. The molecule has 5 nitrogen and oxygen atoms in total. The van der Waals surface area contributed by atoms with Gasteiger partial charge in [-0.3, -0.25) is 19.7 Å². The molecule has 0 fully saturated rings. The van der Waals surface area contributed by atoms with Crippen molar-refractivity contribution >= 4 is 40.7 Å². The number of nitrogens with one attached hydrogen (secondary N) is 1. The molecule has 2 rings (SSSR count). The number of rotatable bonds is 5. The van der Waals surface area contributed by atoms with Crippen molar-refractivity contribution in [2.45, 2.75) is 6.42 Å². The third kappa shape index (κ3) is 4.87. The molecule has 0 unspecified atom stereocenters. The molecule has 0 aliphatic rings. The number of hydrogen-bond donors (Lipinski definition) is 1. The molecular formula is C15H11ClFNO4S. The lowest BCUT2D eigenvalue weighted by molar-refractivity contribution is -0.147. The van der Waals surface area contributed by atoms with Crippen molar-refractivity contribution in [3.8, 4) is 0 Å². The maximum Gasteiger partial charge on any atom is 0.310 e. The predicted molar refractivity (Wildman–Crippen MR) is 82.9 cm³/mol. The summed E-state index contributed by atoms with van der Waals surface area (Å²) in [5, 5.41) is 3.87. The van der Waals surface area contributed by atoms with Gasteiger partial charge in [0.1, 0.15) is 5.82 Å². The Balaban J connectivity index is 1.82. The molecule has 0 saturated heterocycles. The van der Waals surface area contributed by atoms with Crippen LogP contribution in [0.4, 0.5) is 4.39 Å². The third-order valence-corrected chi connectivity index (χ3v) is 3.97. The normalized spacial score (nSPS) is 10.2. The molecule has 0 aliphatic heterocycles. The van der Waals surface area contributed by atoms with E-state index in [-0.39, 0.29) is 10.6 Å². The summed E-state index contributed by atoms with van der Waals surface area (Å²) in [6.07, 6.45) is -0.405. The Kier molecular flexibility index (Phi) is 5.84. The maximum absolute atomic E-state index is 13.5. The van der Waals surface area contributed by atoms with Gasteiger partial charge in [-0.25, -0.2) is 4.39 Å². The monoisotopic (exact) mass is 355 g/mol. The van der Waals surface area contributed by atoms with E-state index < -0.39 is 36.6 Å². The van der Waals surface area contributed by atoms with Crippen LogP contribution in [0, 0.1) is 5.82 Å². The van der Waals surface area contributed by atoms with Crippen molar-refractivity contribution in [3.63, 3.8) is 0 Å². The zero-order valence-electron chi connectivity index (χ0n) is 11.7. The van der Waals surface area contributed by atoms with Gasteiger partial charge in [0.25, 0.3) is 11.8 Å². The molecule has 1 N–H and O–H groups in total. The van der Waals surface area contributed by atoms with Crippen LogP contribution in [0.5, 0.6) is 0 Å². The van der Waals surface area contributed by atoms with Crippen molar-refractivity contribution in [2.75, 3.05) is 6.61 Å². The minimum atomic E-state index is -0.823. The van der Waals surface area contributed by atoms with Gasteiger partial charge in [0.15, 0.2) is 6.61 Å². The molecule has 2 aromatic rings. The molecular weight excluding hydrogens is 345 g/mol. The number of hydrogen-bond acceptors (Lipinski definition) is 5. The first-order valence-electron chi connectivity index (χ1n) is 6.43. The first-order chi connectivity index (χ1) is 11.0. The average molecular weight is 356 g/mol. The van der Waals surface area contributed by atoms with Gasteiger partial charge < -0.3 is 4.74 Å². The fraction of sp³-hybridized carbons (Fsp3) is 0.133. The average Bonchev–Trinajstić information content (AvgIpc) is 3.03. The second-order valence-corrected chi connectivity index (χ2v) is 5.75. The van der Waals surface area contributed by atoms with Crippen molar-refractivity contribution < 1.29 is 23.5 Å². The molecule has 0 atom stereocenters. The third-order valence-electron chi connectivity index (χ3n) is 2.74. The highest BCUT2D eigenvalue weighted by Crippen LogP contribution is 2.19. The molecule has 0 saturated carbocycles. The first kappa shape index (κ1) is 17.1. The van der Waals surface area contributed by atoms with Crippen molar-refractivity contribution in [3.05, 3.63) is 57.0 Å². The van der Waals surface area contributed by atoms with E-state index in [1.54, 1.807) is 17.5 Å². The van der Waals surface area contributed by atoms with Crippen LogP contribution in [0.3, 0.4) is 0 Å². The molecule has 1 aromatic carbocycles. The Morgan fingerprint density at radius 1 is 1.22 bits per heavy atom. The van der Waals surface area contributed by atoms with Crippen LogP contribution < -0.4 is 5.32 Å². The highest BCUT2D eigenvalue weighted by atomic mass is 35.5. The molecule has 0 bridgehead atoms. The number of ether oxygens (including phenoxy) is 1. The van der Waals surface area contributed by atoms with E-state index >= 15 is 0 Å². The van der Waals surface area contributed by atoms with E-state index in [2.05, 4.69) is 5.32 Å². The molecule has 120 valence electrons. The Bertz CT molecular complexity index is 713. The zero-order chi connectivity index (χ0) is 16.8. The number of esters is 1. The van der Waals surface area contributed by atoms with Gasteiger partial charge in [-0.15, -0.1) is 11.3 Å². The smallest absolute Gasteiger partial charge is 0.310 e. The number of benzene rings is 1. The minimum Gasteiger partial charge on any atom is -0.455 e. The molecule has 2 amide bonds. The number of imide groups is 1. The Morgan fingerprint density at radius 2 is 2.00 bits per heavy atom. The summed E-state index contributed by atoms with van der Waals surface area (Å²) < 4.78 is 18.2. The summed E-state index contributed by atoms with van der Waals surface area (Å²) >= 11 is 6.97. The van der Waals surface area contributed by atoms with Gasteiger partial charge >= 0.3 is 5.97 Å². The summed E-state index contributed by atoms with van der Waals surface area (Å²) in [4.78, 5) is 35.1.